The molecule has 2 saturated heterocycles. The van der Waals surface area contributed by atoms with Crippen LogP contribution in [0.4, 0.5) is 4.39 Å². The molecule has 3 fully saturated rings. The van der Waals surface area contributed by atoms with Crippen LogP contribution in [0.2, 0.25) is 10.0 Å². The molecule has 0 radical (unpaired) electrons. The van der Waals surface area contributed by atoms with Crippen LogP contribution in [-0.4, -0.2) is 70.0 Å². The quantitative estimate of drug-likeness (QED) is 0.376. The van der Waals surface area contributed by atoms with E-state index in [4.69, 9.17) is 32.7 Å². The first kappa shape index (κ1) is 29.5. The average Bonchev–Trinajstić information content (AvgIpc) is 3.69. The summed E-state index contributed by atoms with van der Waals surface area (Å²) in [6.45, 7) is 3.32. The smallest absolute Gasteiger partial charge is 0.304 e. The fourth-order valence-corrected chi connectivity index (χ4v) is 7.08. The number of piperidine rings is 1. The number of hydrogen-bond acceptors (Lipinski definition) is 6. The van der Waals surface area contributed by atoms with E-state index in [0.29, 0.717) is 42.1 Å². The summed E-state index contributed by atoms with van der Waals surface area (Å²) in [5, 5.41) is 1.18. The Balaban J connectivity index is 1.21. The summed E-state index contributed by atoms with van der Waals surface area (Å²) in [5.74, 6) is -0.877. The molecule has 0 aromatic heterocycles. The molecule has 1 unspecified atom stereocenters. The van der Waals surface area contributed by atoms with E-state index in [1.807, 2.05) is 16.9 Å². The predicted molar refractivity (Wildman–Crippen MR) is 152 cm³/mol. The first-order valence-electron chi connectivity index (χ1n) is 13.6. The highest BCUT2D eigenvalue weighted by atomic mass is 35.5. The standard InChI is InChI=1S/C28H34Cl2FN3O5S/c1-38-17-26(20-11-21(29)13-22(30)12-20)33-9-5-18(6-10-33)16-39-27-15-25(31)24(14-23(27)19-3-4-19)28(35)32-40(36,37)34-7-2-8-34/h11-15,18-19,26H,2-10,16-17H2,1H3,(H,32,35). The largest absolute Gasteiger partial charge is 0.493 e. The summed E-state index contributed by atoms with van der Waals surface area (Å²) in [7, 11) is -2.29. The molecule has 2 aliphatic heterocycles. The molecule has 2 aromatic rings. The predicted octanol–water partition coefficient (Wildman–Crippen LogP) is 5.17. The van der Waals surface area contributed by atoms with Crippen molar-refractivity contribution in [3.8, 4) is 5.75 Å². The highest BCUT2D eigenvalue weighted by Gasteiger charge is 2.33. The molecule has 2 aromatic carbocycles. The fourth-order valence-electron chi connectivity index (χ4n) is 5.33. The van der Waals surface area contributed by atoms with Gasteiger partial charge < -0.3 is 9.47 Å². The summed E-state index contributed by atoms with van der Waals surface area (Å²) in [4.78, 5) is 15.0. The van der Waals surface area contributed by atoms with Gasteiger partial charge in [-0.1, -0.05) is 23.2 Å². The van der Waals surface area contributed by atoms with Crippen LogP contribution in [0.25, 0.3) is 0 Å². The van der Waals surface area contributed by atoms with Gasteiger partial charge in [-0.15, -0.1) is 0 Å². The number of ether oxygens (including phenoxy) is 2. The van der Waals surface area contributed by atoms with Crippen LogP contribution < -0.4 is 9.46 Å². The molecule has 2 heterocycles. The Morgan fingerprint density at radius 2 is 1.73 bits per heavy atom. The first-order chi connectivity index (χ1) is 19.1. The van der Waals surface area contributed by atoms with Crippen molar-refractivity contribution in [2.24, 2.45) is 5.92 Å². The van der Waals surface area contributed by atoms with Crippen LogP contribution in [0, 0.1) is 11.7 Å². The average molecular weight is 615 g/mol. The van der Waals surface area contributed by atoms with E-state index in [1.54, 1.807) is 13.2 Å². The number of carbonyl (C=O) groups is 1. The van der Waals surface area contributed by atoms with Crippen molar-refractivity contribution in [1.82, 2.24) is 13.9 Å². The minimum absolute atomic E-state index is 0.0298. The van der Waals surface area contributed by atoms with E-state index in [1.165, 1.54) is 12.1 Å². The number of hydrogen-bond donors (Lipinski definition) is 1. The molecule has 40 heavy (non-hydrogen) atoms. The lowest BCUT2D eigenvalue weighted by Gasteiger charge is -2.37. The third-order valence-electron chi connectivity index (χ3n) is 7.90. The number of halogens is 3. The zero-order valence-electron chi connectivity index (χ0n) is 22.4. The Hall–Kier alpha value is -1.95. The van der Waals surface area contributed by atoms with E-state index in [0.717, 1.165) is 60.6 Å². The molecule has 12 heteroatoms. The van der Waals surface area contributed by atoms with Crippen LogP contribution in [0.3, 0.4) is 0 Å². The van der Waals surface area contributed by atoms with Gasteiger partial charge in [0, 0.05) is 36.3 Å². The number of nitrogens with one attached hydrogen (secondary N) is 1. The Bertz CT molecular complexity index is 1330. The summed E-state index contributed by atoms with van der Waals surface area (Å²) >= 11 is 12.5. The van der Waals surface area contributed by atoms with Gasteiger partial charge in [-0.05, 0) is 92.4 Å². The zero-order chi connectivity index (χ0) is 28.4. The van der Waals surface area contributed by atoms with Gasteiger partial charge in [0.25, 0.3) is 5.91 Å². The number of nitrogens with zero attached hydrogens (tertiary/aromatic N) is 2. The van der Waals surface area contributed by atoms with Crippen molar-refractivity contribution in [3.05, 3.63) is 62.9 Å². The van der Waals surface area contributed by atoms with Gasteiger partial charge in [-0.2, -0.15) is 12.7 Å². The van der Waals surface area contributed by atoms with Gasteiger partial charge in [0.2, 0.25) is 0 Å². The first-order valence-corrected chi connectivity index (χ1v) is 15.8. The molecule has 218 valence electrons. The number of carbonyl (C=O) groups excluding carboxylic acids is 1. The Kier molecular flexibility index (Phi) is 9.24. The Labute approximate surface area is 244 Å². The third kappa shape index (κ3) is 6.91. The lowest BCUT2D eigenvalue weighted by atomic mass is 9.95. The number of amides is 1. The molecule has 1 amide bonds. The summed E-state index contributed by atoms with van der Waals surface area (Å²) in [5.41, 5.74) is 1.49. The van der Waals surface area contributed by atoms with Crippen LogP contribution in [0.15, 0.2) is 30.3 Å². The topological polar surface area (TPSA) is 88.2 Å². The minimum Gasteiger partial charge on any atom is -0.493 e. The Morgan fingerprint density at radius 1 is 1.05 bits per heavy atom. The van der Waals surface area contributed by atoms with Crippen molar-refractivity contribution in [3.63, 3.8) is 0 Å². The summed E-state index contributed by atoms with van der Waals surface area (Å²) < 4.78 is 54.5. The molecule has 1 atom stereocenters. The highest BCUT2D eigenvalue weighted by molar-refractivity contribution is 7.87. The molecular weight excluding hydrogens is 580 g/mol. The monoisotopic (exact) mass is 613 g/mol. The van der Waals surface area contributed by atoms with E-state index in [-0.39, 0.29) is 23.4 Å². The number of methoxy groups -OCH3 is 1. The fraction of sp³-hybridized carbons (Fsp3) is 0.536. The molecular formula is C28H34Cl2FN3O5S. The van der Waals surface area contributed by atoms with Gasteiger partial charge in [-0.25, -0.2) is 9.11 Å². The van der Waals surface area contributed by atoms with E-state index < -0.39 is 21.9 Å². The summed E-state index contributed by atoms with van der Waals surface area (Å²) in [6, 6.07) is 8.27. The van der Waals surface area contributed by atoms with E-state index in [9.17, 15) is 13.2 Å². The second-order valence-electron chi connectivity index (χ2n) is 10.8. The van der Waals surface area contributed by atoms with E-state index >= 15 is 4.39 Å². The van der Waals surface area contributed by atoms with Crippen LogP contribution in [0.1, 0.15) is 65.5 Å². The van der Waals surface area contributed by atoms with Crippen molar-refractivity contribution in [1.29, 1.82) is 0 Å². The highest BCUT2D eigenvalue weighted by Crippen LogP contribution is 2.45. The van der Waals surface area contributed by atoms with Gasteiger partial charge in [-0.3, -0.25) is 9.69 Å². The molecule has 3 aliphatic rings. The van der Waals surface area contributed by atoms with Gasteiger partial charge in [0.1, 0.15) is 11.6 Å². The normalized spacial score (nSPS) is 19.7. The second kappa shape index (κ2) is 12.5. The zero-order valence-corrected chi connectivity index (χ0v) is 24.7. The Morgan fingerprint density at radius 3 is 2.30 bits per heavy atom. The lowest BCUT2D eigenvalue weighted by Crippen LogP contribution is -2.49. The van der Waals surface area contributed by atoms with Crippen molar-refractivity contribution in [2.45, 2.75) is 44.1 Å². The second-order valence-corrected chi connectivity index (χ2v) is 13.3. The van der Waals surface area contributed by atoms with E-state index in [2.05, 4.69) is 4.90 Å². The maximum atomic E-state index is 15.0. The molecule has 0 bridgehead atoms. The molecule has 8 nitrogen and oxygen atoms in total. The molecule has 1 N–H and O–H groups in total. The van der Waals surface area contributed by atoms with Crippen molar-refractivity contribution in [2.75, 3.05) is 46.5 Å². The van der Waals surface area contributed by atoms with Gasteiger partial charge >= 0.3 is 10.2 Å². The third-order valence-corrected chi connectivity index (χ3v) is 9.82. The molecule has 1 aliphatic carbocycles. The van der Waals surface area contributed by atoms with Crippen LogP contribution in [-0.2, 0) is 14.9 Å². The summed E-state index contributed by atoms with van der Waals surface area (Å²) in [6.07, 6.45) is 4.36. The lowest BCUT2D eigenvalue weighted by molar-refractivity contribution is 0.0556. The maximum absolute atomic E-state index is 15.0. The van der Waals surface area contributed by atoms with Crippen LogP contribution in [0.5, 0.6) is 5.75 Å². The maximum Gasteiger partial charge on any atom is 0.304 e. The number of rotatable bonds is 11. The SMILES string of the molecule is COCC(c1cc(Cl)cc(Cl)c1)N1CCC(COc2cc(F)c(C(=O)NS(=O)(=O)N3CCC3)cc2C2CC2)CC1. The number of benzene rings is 2. The van der Waals surface area contributed by atoms with Gasteiger partial charge in [0.05, 0.1) is 24.8 Å². The molecule has 0 spiro atoms. The number of likely N-dealkylation sites (tertiary alicyclic amines) is 1. The van der Waals surface area contributed by atoms with Crippen molar-refractivity contribution < 1.29 is 27.1 Å². The molecule has 5 rings (SSSR count). The molecule has 1 saturated carbocycles. The minimum atomic E-state index is -3.97. The van der Waals surface area contributed by atoms with Gasteiger partial charge in [0.15, 0.2) is 0 Å². The van der Waals surface area contributed by atoms with Crippen LogP contribution >= 0.6 is 23.2 Å². The van der Waals surface area contributed by atoms with Crippen molar-refractivity contribution >= 4 is 39.3 Å².